The molecule has 0 saturated heterocycles. The van der Waals surface area contributed by atoms with Gasteiger partial charge in [-0.25, -0.2) is 4.68 Å². The van der Waals surface area contributed by atoms with Crippen LogP contribution in [0.1, 0.15) is 35.8 Å². The summed E-state index contributed by atoms with van der Waals surface area (Å²) in [6.07, 6.45) is 0. The number of anilines is 1. The molecule has 1 aromatic heterocycles. The Morgan fingerprint density at radius 2 is 1.74 bits per heavy atom. The molecule has 1 aliphatic rings. The topological polar surface area (TPSA) is 76.5 Å². The number of hydrogen-bond donors (Lipinski definition) is 1. The van der Waals surface area contributed by atoms with Crippen LogP contribution in [-0.2, 0) is 9.59 Å². The summed E-state index contributed by atoms with van der Waals surface area (Å²) in [5, 5.41) is 7.90. The SMILES string of the molecule is COc1ccc(-n2nc(-c3ccccc3)c3c2N(CC(=O)NC(C)C)C(=O)CS[C@@H]3c2ccccc2C)cc1. The molecule has 7 nitrogen and oxygen atoms in total. The maximum absolute atomic E-state index is 13.8. The fourth-order valence-electron chi connectivity index (χ4n) is 4.87. The van der Waals surface area contributed by atoms with Crippen LogP contribution in [0.3, 0.4) is 0 Å². The van der Waals surface area contributed by atoms with E-state index < -0.39 is 0 Å². The van der Waals surface area contributed by atoms with Gasteiger partial charge in [0.2, 0.25) is 11.8 Å². The van der Waals surface area contributed by atoms with Crippen molar-refractivity contribution in [2.24, 2.45) is 0 Å². The van der Waals surface area contributed by atoms with Crippen molar-refractivity contribution in [1.29, 1.82) is 0 Å². The Labute approximate surface area is 233 Å². The van der Waals surface area contributed by atoms with Gasteiger partial charge in [0, 0.05) is 17.2 Å². The molecule has 5 rings (SSSR count). The largest absolute Gasteiger partial charge is 0.497 e. The number of thioether (sulfide) groups is 1. The summed E-state index contributed by atoms with van der Waals surface area (Å²) < 4.78 is 7.18. The molecule has 0 unspecified atom stereocenters. The molecule has 0 spiro atoms. The second-order valence-corrected chi connectivity index (χ2v) is 10.9. The number of hydrogen-bond acceptors (Lipinski definition) is 5. The number of ether oxygens (including phenoxy) is 1. The first-order valence-corrected chi connectivity index (χ1v) is 14.0. The third-order valence-corrected chi connectivity index (χ3v) is 7.91. The Morgan fingerprint density at radius 1 is 1.05 bits per heavy atom. The lowest BCUT2D eigenvalue weighted by atomic mass is 9.97. The van der Waals surface area contributed by atoms with Crippen molar-refractivity contribution in [3.8, 4) is 22.7 Å². The number of rotatable bonds is 7. The fraction of sp³-hybridized carbons (Fsp3) is 0.258. The monoisotopic (exact) mass is 540 g/mol. The Hall–Kier alpha value is -4.04. The predicted molar refractivity (Wildman–Crippen MR) is 157 cm³/mol. The minimum atomic E-state index is -0.215. The molecule has 0 saturated carbocycles. The lowest BCUT2D eigenvalue weighted by Crippen LogP contribution is -2.44. The highest BCUT2D eigenvalue weighted by molar-refractivity contribution is 8.00. The Kier molecular flexibility index (Phi) is 7.74. The van der Waals surface area contributed by atoms with E-state index in [-0.39, 0.29) is 35.4 Å². The highest BCUT2D eigenvalue weighted by Gasteiger charge is 2.38. The number of amides is 2. The van der Waals surface area contributed by atoms with Crippen LogP contribution in [-0.4, -0.2) is 47.0 Å². The quantitative estimate of drug-likeness (QED) is 0.333. The molecular formula is C31H32N4O3S. The number of nitrogens with zero attached hydrogens (tertiary/aromatic N) is 3. The third kappa shape index (κ3) is 5.43. The van der Waals surface area contributed by atoms with Gasteiger partial charge in [-0.1, -0.05) is 54.6 Å². The van der Waals surface area contributed by atoms with E-state index >= 15 is 0 Å². The van der Waals surface area contributed by atoms with Gasteiger partial charge in [0.1, 0.15) is 18.1 Å². The van der Waals surface area contributed by atoms with Crippen LogP contribution in [0, 0.1) is 6.92 Å². The van der Waals surface area contributed by atoms with Gasteiger partial charge in [-0.05, 0) is 56.2 Å². The Balaban J connectivity index is 1.80. The van der Waals surface area contributed by atoms with Crippen molar-refractivity contribution in [2.75, 3.05) is 24.3 Å². The average molecular weight is 541 g/mol. The van der Waals surface area contributed by atoms with E-state index in [1.54, 1.807) is 28.5 Å². The number of carbonyl (C=O) groups excluding carboxylic acids is 2. The fourth-order valence-corrected chi connectivity index (χ4v) is 6.16. The Bertz CT molecular complexity index is 1480. The van der Waals surface area contributed by atoms with Gasteiger partial charge in [-0.3, -0.25) is 14.5 Å². The molecule has 0 radical (unpaired) electrons. The van der Waals surface area contributed by atoms with E-state index in [9.17, 15) is 9.59 Å². The lowest BCUT2D eigenvalue weighted by molar-refractivity contribution is -0.123. The number of nitrogens with one attached hydrogen (secondary N) is 1. The molecule has 2 heterocycles. The summed E-state index contributed by atoms with van der Waals surface area (Å²) in [6, 6.07) is 25.8. The summed E-state index contributed by atoms with van der Waals surface area (Å²) >= 11 is 1.57. The van der Waals surface area contributed by atoms with Crippen molar-refractivity contribution >= 4 is 29.4 Å². The van der Waals surface area contributed by atoms with Crippen molar-refractivity contribution in [1.82, 2.24) is 15.1 Å². The molecule has 0 bridgehead atoms. The first-order valence-electron chi connectivity index (χ1n) is 13.0. The average Bonchev–Trinajstić information content (AvgIpc) is 3.26. The number of benzene rings is 3. The zero-order chi connectivity index (χ0) is 27.5. The Morgan fingerprint density at radius 3 is 2.41 bits per heavy atom. The van der Waals surface area contributed by atoms with Crippen molar-refractivity contribution < 1.29 is 14.3 Å². The molecule has 2 amide bonds. The van der Waals surface area contributed by atoms with Crippen LogP contribution >= 0.6 is 11.8 Å². The molecular weight excluding hydrogens is 508 g/mol. The zero-order valence-corrected chi connectivity index (χ0v) is 23.4. The van der Waals surface area contributed by atoms with Crippen molar-refractivity contribution in [3.63, 3.8) is 0 Å². The maximum atomic E-state index is 13.8. The van der Waals surface area contributed by atoms with Crippen molar-refractivity contribution in [2.45, 2.75) is 32.1 Å². The molecule has 3 aromatic carbocycles. The predicted octanol–water partition coefficient (Wildman–Crippen LogP) is 5.55. The van der Waals surface area contributed by atoms with E-state index in [0.29, 0.717) is 5.82 Å². The third-order valence-electron chi connectivity index (χ3n) is 6.68. The van der Waals surface area contributed by atoms with Crippen LogP contribution in [0.2, 0.25) is 0 Å². The second-order valence-electron chi connectivity index (χ2n) is 9.81. The van der Waals surface area contributed by atoms with Gasteiger partial charge >= 0.3 is 0 Å². The van der Waals surface area contributed by atoms with Gasteiger partial charge in [0.15, 0.2) is 0 Å². The summed E-state index contributed by atoms with van der Waals surface area (Å²) in [5.41, 5.74) is 5.67. The smallest absolute Gasteiger partial charge is 0.240 e. The molecule has 0 aliphatic carbocycles. The number of aromatic nitrogens is 2. The van der Waals surface area contributed by atoms with E-state index in [2.05, 4.69) is 24.4 Å². The normalized spacial score (nSPS) is 15.2. The van der Waals surface area contributed by atoms with Gasteiger partial charge < -0.3 is 10.1 Å². The number of fused-ring (bicyclic) bond motifs is 1. The van der Waals surface area contributed by atoms with Crippen LogP contribution in [0.5, 0.6) is 5.75 Å². The lowest BCUT2D eigenvalue weighted by Gasteiger charge is -2.24. The van der Waals surface area contributed by atoms with Crippen LogP contribution in [0.4, 0.5) is 5.82 Å². The molecule has 39 heavy (non-hydrogen) atoms. The van der Waals surface area contributed by atoms with Gasteiger partial charge in [0.25, 0.3) is 0 Å². The van der Waals surface area contributed by atoms with Crippen LogP contribution in [0.25, 0.3) is 16.9 Å². The van der Waals surface area contributed by atoms with E-state index in [4.69, 9.17) is 9.84 Å². The second kappa shape index (κ2) is 11.4. The minimum absolute atomic E-state index is 0.0421. The van der Waals surface area contributed by atoms with E-state index in [0.717, 1.165) is 39.4 Å². The summed E-state index contributed by atoms with van der Waals surface area (Å²) in [4.78, 5) is 28.4. The molecule has 4 aromatic rings. The van der Waals surface area contributed by atoms with E-state index in [1.165, 1.54) is 0 Å². The van der Waals surface area contributed by atoms with Gasteiger partial charge in [-0.2, -0.15) is 5.10 Å². The molecule has 0 fully saturated rings. The highest BCUT2D eigenvalue weighted by atomic mass is 32.2. The zero-order valence-electron chi connectivity index (χ0n) is 22.5. The number of aryl methyl sites for hydroxylation is 1. The molecule has 8 heteroatoms. The van der Waals surface area contributed by atoms with Crippen molar-refractivity contribution in [3.05, 3.63) is 95.6 Å². The minimum Gasteiger partial charge on any atom is -0.497 e. The van der Waals surface area contributed by atoms with E-state index in [1.807, 2.05) is 80.6 Å². The highest BCUT2D eigenvalue weighted by Crippen LogP contribution is 2.49. The number of methoxy groups -OCH3 is 1. The van der Waals surface area contributed by atoms with Crippen LogP contribution < -0.4 is 15.0 Å². The van der Waals surface area contributed by atoms with Gasteiger partial charge in [0.05, 0.1) is 29.5 Å². The molecule has 1 N–H and O–H groups in total. The molecule has 200 valence electrons. The summed E-state index contributed by atoms with van der Waals surface area (Å²) in [5.74, 6) is 1.22. The maximum Gasteiger partial charge on any atom is 0.240 e. The van der Waals surface area contributed by atoms with Crippen LogP contribution in [0.15, 0.2) is 78.9 Å². The first kappa shape index (κ1) is 26.6. The molecule has 1 aliphatic heterocycles. The standard InChI is InChI=1S/C31H32N4O3S/c1-20(2)32-26(36)18-34-27(37)19-39-30(25-13-9-8-10-21(25)3)28-29(22-11-6-5-7-12-22)33-35(31(28)34)23-14-16-24(38-4)17-15-23/h5-17,20,30H,18-19H2,1-4H3,(H,32,36)/t30-/m1/s1. The summed E-state index contributed by atoms with van der Waals surface area (Å²) in [6.45, 7) is 5.81. The first-order chi connectivity index (χ1) is 18.9. The van der Waals surface area contributed by atoms with Gasteiger partial charge in [-0.15, -0.1) is 11.8 Å². The number of carbonyl (C=O) groups is 2. The summed E-state index contributed by atoms with van der Waals surface area (Å²) in [7, 11) is 1.63. The molecule has 1 atom stereocenters.